The normalized spacial score (nSPS) is 23.0. The van der Waals surface area contributed by atoms with E-state index in [1.54, 1.807) is 12.1 Å². The molecule has 0 aliphatic carbocycles. The fraction of sp³-hybridized carbons (Fsp3) is 0.391. The minimum atomic E-state index is -0.383. The van der Waals surface area contributed by atoms with Crippen molar-refractivity contribution in [2.45, 2.75) is 37.9 Å². The number of likely N-dealkylation sites (tertiary alicyclic amines) is 1. The van der Waals surface area contributed by atoms with Crippen LogP contribution in [0.25, 0.3) is 0 Å². The number of carbonyl (C=O) groups is 2. The van der Waals surface area contributed by atoms with E-state index in [1.807, 2.05) is 18.2 Å². The lowest BCUT2D eigenvalue weighted by Gasteiger charge is -2.33. The molecule has 2 aromatic carbocycles. The molecule has 0 spiro atoms. The van der Waals surface area contributed by atoms with Crippen LogP contribution in [0.3, 0.4) is 0 Å². The third-order valence-electron chi connectivity index (χ3n) is 5.87. The maximum atomic E-state index is 12.9. The molecule has 6 heteroatoms. The van der Waals surface area contributed by atoms with Crippen LogP contribution in [-0.2, 0) is 16.1 Å². The highest BCUT2D eigenvalue weighted by atomic mass is 35.5. The Bertz CT molecular complexity index is 848. The van der Waals surface area contributed by atoms with E-state index < -0.39 is 0 Å². The smallest absolute Gasteiger partial charge is 0.226 e. The summed E-state index contributed by atoms with van der Waals surface area (Å²) in [4.78, 5) is 27.4. The molecule has 2 fully saturated rings. The number of amides is 2. The molecular formula is C23H26ClN3O2. The summed E-state index contributed by atoms with van der Waals surface area (Å²) in [5.74, 6) is -0.501. The second kappa shape index (κ2) is 8.97. The maximum Gasteiger partial charge on any atom is 0.226 e. The first-order chi connectivity index (χ1) is 14.1. The number of piperidine rings is 1. The first-order valence-corrected chi connectivity index (χ1v) is 10.6. The summed E-state index contributed by atoms with van der Waals surface area (Å²) in [6.45, 7) is 2.87. The van der Waals surface area contributed by atoms with Gasteiger partial charge >= 0.3 is 0 Å². The van der Waals surface area contributed by atoms with Gasteiger partial charge in [0.15, 0.2) is 0 Å². The SMILES string of the molecule is O=C1C[C@@H](C(=O)NC2CCN(Cc3ccccc3)CC2)[C@H](c2ccc(Cl)cc2)N1. The van der Waals surface area contributed by atoms with Gasteiger partial charge in [-0.2, -0.15) is 0 Å². The van der Waals surface area contributed by atoms with Gasteiger partial charge in [0, 0.05) is 37.1 Å². The van der Waals surface area contributed by atoms with Crippen LogP contribution in [0.1, 0.15) is 36.4 Å². The molecule has 2 saturated heterocycles. The molecule has 2 heterocycles. The molecule has 4 rings (SSSR count). The molecule has 0 saturated carbocycles. The van der Waals surface area contributed by atoms with Crippen molar-refractivity contribution in [3.63, 3.8) is 0 Å². The van der Waals surface area contributed by atoms with Crippen molar-refractivity contribution >= 4 is 23.4 Å². The van der Waals surface area contributed by atoms with Gasteiger partial charge in [-0.25, -0.2) is 0 Å². The predicted molar refractivity (Wildman–Crippen MR) is 113 cm³/mol. The fourth-order valence-corrected chi connectivity index (χ4v) is 4.39. The van der Waals surface area contributed by atoms with E-state index in [4.69, 9.17) is 11.6 Å². The molecule has 2 amide bonds. The zero-order chi connectivity index (χ0) is 20.2. The number of hydrogen-bond donors (Lipinski definition) is 2. The fourth-order valence-electron chi connectivity index (χ4n) is 4.27. The van der Waals surface area contributed by atoms with Gasteiger partial charge in [0.1, 0.15) is 0 Å². The van der Waals surface area contributed by atoms with E-state index in [9.17, 15) is 9.59 Å². The number of nitrogens with one attached hydrogen (secondary N) is 2. The van der Waals surface area contributed by atoms with Gasteiger partial charge in [-0.3, -0.25) is 14.5 Å². The summed E-state index contributed by atoms with van der Waals surface area (Å²) in [6, 6.07) is 17.7. The van der Waals surface area contributed by atoms with Crippen LogP contribution >= 0.6 is 11.6 Å². The van der Waals surface area contributed by atoms with E-state index in [2.05, 4.69) is 39.8 Å². The molecule has 2 N–H and O–H groups in total. The van der Waals surface area contributed by atoms with Crippen LogP contribution in [0, 0.1) is 5.92 Å². The average molecular weight is 412 g/mol. The van der Waals surface area contributed by atoms with Crippen molar-refractivity contribution < 1.29 is 9.59 Å². The van der Waals surface area contributed by atoms with Crippen LogP contribution < -0.4 is 10.6 Å². The van der Waals surface area contributed by atoms with E-state index >= 15 is 0 Å². The third kappa shape index (κ3) is 4.98. The van der Waals surface area contributed by atoms with Crippen molar-refractivity contribution in [1.29, 1.82) is 0 Å². The molecule has 0 aromatic heterocycles. The van der Waals surface area contributed by atoms with Gasteiger partial charge in [-0.1, -0.05) is 54.1 Å². The molecule has 29 heavy (non-hydrogen) atoms. The molecule has 152 valence electrons. The first kappa shape index (κ1) is 19.9. The highest BCUT2D eigenvalue weighted by molar-refractivity contribution is 6.30. The van der Waals surface area contributed by atoms with Gasteiger partial charge in [0.2, 0.25) is 11.8 Å². The van der Waals surface area contributed by atoms with Crippen LogP contribution in [-0.4, -0.2) is 35.8 Å². The van der Waals surface area contributed by atoms with E-state index in [0.717, 1.165) is 38.0 Å². The number of halogens is 1. The van der Waals surface area contributed by atoms with Crippen molar-refractivity contribution in [3.8, 4) is 0 Å². The number of hydrogen-bond acceptors (Lipinski definition) is 3. The Balaban J connectivity index is 1.32. The Morgan fingerprint density at radius 2 is 1.76 bits per heavy atom. The minimum Gasteiger partial charge on any atom is -0.353 e. The summed E-state index contributed by atoms with van der Waals surface area (Å²) in [5, 5.41) is 6.77. The number of benzene rings is 2. The monoisotopic (exact) mass is 411 g/mol. The lowest BCUT2D eigenvalue weighted by atomic mass is 9.92. The van der Waals surface area contributed by atoms with Crippen LogP contribution in [0.4, 0.5) is 0 Å². The summed E-state index contributed by atoms with van der Waals surface area (Å²) in [6.07, 6.45) is 2.09. The summed E-state index contributed by atoms with van der Waals surface area (Å²) in [7, 11) is 0. The number of rotatable bonds is 5. The Hall–Kier alpha value is -2.37. The molecule has 5 nitrogen and oxygen atoms in total. The van der Waals surface area contributed by atoms with E-state index in [1.165, 1.54) is 5.56 Å². The highest BCUT2D eigenvalue weighted by Crippen LogP contribution is 2.31. The average Bonchev–Trinajstić information content (AvgIpc) is 3.13. The zero-order valence-corrected chi connectivity index (χ0v) is 17.1. The van der Waals surface area contributed by atoms with Gasteiger partial charge in [0.25, 0.3) is 0 Å². The second-order valence-corrected chi connectivity index (χ2v) is 8.39. The zero-order valence-electron chi connectivity index (χ0n) is 16.3. The molecular weight excluding hydrogens is 386 g/mol. The van der Waals surface area contributed by atoms with E-state index in [0.29, 0.717) is 5.02 Å². The van der Waals surface area contributed by atoms with Gasteiger partial charge in [-0.15, -0.1) is 0 Å². The second-order valence-electron chi connectivity index (χ2n) is 7.95. The van der Waals surface area contributed by atoms with Crippen molar-refractivity contribution in [2.24, 2.45) is 5.92 Å². The lowest BCUT2D eigenvalue weighted by molar-refractivity contribution is -0.127. The van der Waals surface area contributed by atoms with Gasteiger partial charge in [0.05, 0.1) is 12.0 Å². The van der Waals surface area contributed by atoms with Crippen LogP contribution in [0.5, 0.6) is 0 Å². The van der Waals surface area contributed by atoms with Gasteiger partial charge < -0.3 is 10.6 Å². The van der Waals surface area contributed by atoms with Crippen molar-refractivity contribution in [3.05, 3.63) is 70.7 Å². The van der Waals surface area contributed by atoms with Crippen molar-refractivity contribution in [1.82, 2.24) is 15.5 Å². The summed E-state index contributed by atoms with van der Waals surface area (Å²) in [5.41, 5.74) is 2.23. The molecule has 0 bridgehead atoms. The minimum absolute atomic E-state index is 0.0372. The Kier molecular flexibility index (Phi) is 6.16. The lowest BCUT2D eigenvalue weighted by Crippen LogP contribution is -2.46. The Labute approximate surface area is 176 Å². The van der Waals surface area contributed by atoms with E-state index in [-0.39, 0.29) is 36.2 Å². The highest BCUT2D eigenvalue weighted by Gasteiger charge is 2.39. The first-order valence-electron chi connectivity index (χ1n) is 10.2. The maximum absolute atomic E-state index is 12.9. The standard InChI is InChI=1S/C23H26ClN3O2/c24-18-8-6-17(7-9-18)22-20(14-21(28)26-22)23(29)25-19-10-12-27(13-11-19)15-16-4-2-1-3-5-16/h1-9,19-20,22H,10-15H2,(H,25,29)(H,26,28)/t20-,22+/m1/s1. The third-order valence-corrected chi connectivity index (χ3v) is 6.13. The Morgan fingerprint density at radius 1 is 1.07 bits per heavy atom. The molecule has 2 aromatic rings. The predicted octanol–water partition coefficient (Wildman–Crippen LogP) is 3.30. The summed E-state index contributed by atoms with van der Waals surface area (Å²) < 4.78 is 0. The quantitative estimate of drug-likeness (QED) is 0.793. The molecule has 2 aliphatic heterocycles. The van der Waals surface area contributed by atoms with Crippen molar-refractivity contribution in [2.75, 3.05) is 13.1 Å². The number of carbonyl (C=O) groups excluding carboxylic acids is 2. The largest absolute Gasteiger partial charge is 0.353 e. The van der Waals surface area contributed by atoms with Crippen LogP contribution in [0.2, 0.25) is 5.02 Å². The van der Waals surface area contributed by atoms with Gasteiger partial charge in [-0.05, 0) is 36.1 Å². The molecule has 2 atom stereocenters. The van der Waals surface area contributed by atoms with Crippen LogP contribution in [0.15, 0.2) is 54.6 Å². The molecule has 0 radical (unpaired) electrons. The topological polar surface area (TPSA) is 61.4 Å². The summed E-state index contributed by atoms with van der Waals surface area (Å²) >= 11 is 5.97. The molecule has 0 unspecified atom stereocenters. The number of nitrogens with zero attached hydrogens (tertiary/aromatic N) is 1. The Morgan fingerprint density at radius 3 is 2.45 bits per heavy atom. The molecule has 2 aliphatic rings.